The minimum atomic E-state index is -0.438. The number of methoxy groups -OCH3 is 3. The Kier molecular flexibility index (Phi) is 6.26. The summed E-state index contributed by atoms with van der Waals surface area (Å²) in [5.74, 6) is 0.643. The van der Waals surface area contributed by atoms with E-state index in [0.717, 1.165) is 17.7 Å². The lowest BCUT2D eigenvalue weighted by Crippen LogP contribution is -2.28. The number of amides is 2. The smallest absolute Gasteiger partial charge is 0.229 e. The number of aryl methyl sites for hydroxylation is 1. The molecule has 1 atom stereocenters. The van der Waals surface area contributed by atoms with Gasteiger partial charge in [-0.15, -0.1) is 0 Å². The molecule has 0 aliphatic carbocycles. The number of nitrogens with zero attached hydrogens (tertiary/aromatic N) is 1. The number of hydrogen-bond acceptors (Lipinski definition) is 5. The number of ether oxygens (including phenoxy) is 3. The summed E-state index contributed by atoms with van der Waals surface area (Å²) in [5.41, 5.74) is 2.49. The second kappa shape index (κ2) is 8.86. The third-order valence-corrected chi connectivity index (χ3v) is 5.09. The quantitative estimate of drug-likeness (QED) is 0.775. The second-order valence-corrected chi connectivity index (χ2v) is 6.79. The monoisotopic (exact) mass is 398 g/mol. The zero-order valence-electron chi connectivity index (χ0n) is 17.2. The van der Waals surface area contributed by atoms with Gasteiger partial charge in [0.05, 0.1) is 27.2 Å². The summed E-state index contributed by atoms with van der Waals surface area (Å²) >= 11 is 0. The van der Waals surface area contributed by atoms with E-state index in [4.69, 9.17) is 14.2 Å². The van der Waals surface area contributed by atoms with Crippen molar-refractivity contribution in [2.75, 3.05) is 38.1 Å². The van der Waals surface area contributed by atoms with Gasteiger partial charge in [-0.2, -0.15) is 0 Å². The van der Waals surface area contributed by atoms with Gasteiger partial charge in [0, 0.05) is 36.5 Å². The van der Waals surface area contributed by atoms with Crippen LogP contribution in [0, 0.1) is 5.92 Å². The van der Waals surface area contributed by atoms with E-state index in [1.54, 1.807) is 17.0 Å². The minimum absolute atomic E-state index is 0.0454. The maximum atomic E-state index is 12.8. The predicted molar refractivity (Wildman–Crippen MR) is 111 cm³/mol. The van der Waals surface area contributed by atoms with E-state index >= 15 is 0 Å². The largest absolute Gasteiger partial charge is 0.493 e. The molecule has 1 fully saturated rings. The fourth-order valence-electron chi connectivity index (χ4n) is 3.59. The number of nitrogens with one attached hydrogen (secondary N) is 1. The molecule has 0 saturated carbocycles. The van der Waals surface area contributed by atoms with Crippen LogP contribution in [0.5, 0.6) is 17.2 Å². The first-order valence-corrected chi connectivity index (χ1v) is 9.51. The fraction of sp³-hybridized carbons (Fsp3) is 0.364. The lowest BCUT2D eigenvalue weighted by atomic mass is 10.1. The van der Waals surface area contributed by atoms with Crippen LogP contribution in [0.2, 0.25) is 0 Å². The molecule has 3 rings (SSSR count). The molecule has 1 aliphatic heterocycles. The maximum absolute atomic E-state index is 12.8. The Morgan fingerprint density at radius 2 is 1.76 bits per heavy atom. The Morgan fingerprint density at radius 3 is 2.34 bits per heavy atom. The molecular formula is C22H26N2O5. The fourth-order valence-corrected chi connectivity index (χ4v) is 3.59. The molecule has 7 heteroatoms. The molecule has 154 valence electrons. The summed E-state index contributed by atoms with van der Waals surface area (Å²) in [6.07, 6.45) is 0.997. The number of rotatable bonds is 7. The maximum Gasteiger partial charge on any atom is 0.229 e. The molecule has 1 heterocycles. The molecule has 2 amide bonds. The van der Waals surface area contributed by atoms with Gasteiger partial charge >= 0.3 is 0 Å². The van der Waals surface area contributed by atoms with Crippen LogP contribution in [-0.4, -0.2) is 39.7 Å². The van der Waals surface area contributed by atoms with E-state index in [-0.39, 0.29) is 18.2 Å². The highest BCUT2D eigenvalue weighted by Crippen LogP contribution is 2.40. The van der Waals surface area contributed by atoms with Crippen LogP contribution in [0.3, 0.4) is 0 Å². The lowest BCUT2D eigenvalue weighted by molar-refractivity contribution is -0.122. The first kappa shape index (κ1) is 20.5. The van der Waals surface area contributed by atoms with E-state index in [0.29, 0.717) is 29.5 Å². The summed E-state index contributed by atoms with van der Waals surface area (Å²) in [7, 11) is 4.55. The Hall–Kier alpha value is -3.22. The van der Waals surface area contributed by atoms with E-state index < -0.39 is 5.92 Å². The average Bonchev–Trinajstić information content (AvgIpc) is 3.14. The van der Waals surface area contributed by atoms with Gasteiger partial charge in [-0.3, -0.25) is 9.59 Å². The standard InChI is InChI=1S/C22H26N2O5/c1-5-14-8-6-7-9-17(14)24-13-15(10-20(24)25)22(26)23-16-11-18(27-2)21(29-4)19(12-16)28-3/h6-9,11-12,15H,5,10,13H2,1-4H3,(H,23,26). The number of benzene rings is 2. The molecule has 0 radical (unpaired) electrons. The van der Waals surface area contributed by atoms with Crippen molar-refractivity contribution in [2.24, 2.45) is 5.92 Å². The molecule has 0 aromatic heterocycles. The van der Waals surface area contributed by atoms with Crippen molar-refractivity contribution in [3.8, 4) is 17.2 Å². The van der Waals surface area contributed by atoms with Gasteiger partial charge in [0.2, 0.25) is 17.6 Å². The SMILES string of the molecule is CCc1ccccc1N1CC(C(=O)Nc2cc(OC)c(OC)c(OC)c2)CC1=O. The lowest BCUT2D eigenvalue weighted by Gasteiger charge is -2.20. The number of carbonyl (C=O) groups is 2. The Labute approximate surface area is 170 Å². The number of carbonyl (C=O) groups excluding carboxylic acids is 2. The topological polar surface area (TPSA) is 77.1 Å². The minimum Gasteiger partial charge on any atom is -0.493 e. The molecule has 2 aromatic rings. The van der Waals surface area contributed by atoms with E-state index in [1.165, 1.54) is 21.3 Å². The molecule has 7 nitrogen and oxygen atoms in total. The van der Waals surface area contributed by atoms with Crippen molar-refractivity contribution in [2.45, 2.75) is 19.8 Å². The van der Waals surface area contributed by atoms with E-state index in [9.17, 15) is 9.59 Å². The molecule has 29 heavy (non-hydrogen) atoms. The van der Waals surface area contributed by atoms with Gasteiger partial charge in [-0.1, -0.05) is 25.1 Å². The van der Waals surface area contributed by atoms with Crippen molar-refractivity contribution in [3.05, 3.63) is 42.0 Å². The molecular weight excluding hydrogens is 372 g/mol. The Bertz CT molecular complexity index is 887. The summed E-state index contributed by atoms with van der Waals surface area (Å²) in [6, 6.07) is 11.1. The van der Waals surface area contributed by atoms with E-state index in [1.807, 2.05) is 31.2 Å². The van der Waals surface area contributed by atoms with Crippen molar-refractivity contribution in [1.82, 2.24) is 0 Å². The van der Waals surface area contributed by atoms with Gasteiger partial charge in [0.1, 0.15) is 0 Å². The summed E-state index contributed by atoms with van der Waals surface area (Å²) in [5, 5.41) is 2.87. The molecule has 1 saturated heterocycles. The number of para-hydroxylation sites is 1. The van der Waals surface area contributed by atoms with Crippen LogP contribution in [0.4, 0.5) is 11.4 Å². The van der Waals surface area contributed by atoms with Crippen molar-refractivity contribution in [1.29, 1.82) is 0 Å². The number of hydrogen-bond donors (Lipinski definition) is 1. The highest BCUT2D eigenvalue weighted by Gasteiger charge is 2.36. The van der Waals surface area contributed by atoms with Gasteiger partial charge in [-0.05, 0) is 18.1 Å². The molecule has 1 aliphatic rings. The van der Waals surface area contributed by atoms with Gasteiger partial charge in [-0.25, -0.2) is 0 Å². The molecule has 1 N–H and O–H groups in total. The first-order valence-electron chi connectivity index (χ1n) is 9.51. The van der Waals surface area contributed by atoms with Crippen LogP contribution >= 0.6 is 0 Å². The Morgan fingerprint density at radius 1 is 1.10 bits per heavy atom. The van der Waals surface area contributed by atoms with Crippen molar-refractivity contribution < 1.29 is 23.8 Å². The van der Waals surface area contributed by atoms with Crippen LogP contribution in [0.25, 0.3) is 0 Å². The summed E-state index contributed by atoms with van der Waals surface area (Å²) in [6.45, 7) is 2.40. The van der Waals surface area contributed by atoms with Crippen LogP contribution < -0.4 is 24.4 Å². The normalized spacial score (nSPS) is 15.9. The second-order valence-electron chi connectivity index (χ2n) is 6.79. The highest BCUT2D eigenvalue weighted by molar-refractivity contribution is 6.04. The third-order valence-electron chi connectivity index (χ3n) is 5.09. The van der Waals surface area contributed by atoms with Crippen molar-refractivity contribution >= 4 is 23.2 Å². The molecule has 0 spiro atoms. The van der Waals surface area contributed by atoms with Gasteiger partial charge in [0.25, 0.3) is 0 Å². The van der Waals surface area contributed by atoms with Gasteiger partial charge < -0.3 is 24.4 Å². The summed E-state index contributed by atoms with van der Waals surface area (Å²) in [4.78, 5) is 27.1. The van der Waals surface area contributed by atoms with Crippen LogP contribution in [0.1, 0.15) is 18.9 Å². The number of anilines is 2. The van der Waals surface area contributed by atoms with Gasteiger partial charge in [0.15, 0.2) is 11.5 Å². The average molecular weight is 398 g/mol. The van der Waals surface area contributed by atoms with Crippen LogP contribution in [0.15, 0.2) is 36.4 Å². The summed E-state index contributed by atoms with van der Waals surface area (Å²) < 4.78 is 16.0. The zero-order valence-corrected chi connectivity index (χ0v) is 17.2. The highest BCUT2D eigenvalue weighted by atomic mass is 16.5. The van der Waals surface area contributed by atoms with Crippen LogP contribution in [-0.2, 0) is 16.0 Å². The van der Waals surface area contributed by atoms with E-state index in [2.05, 4.69) is 5.32 Å². The van der Waals surface area contributed by atoms with Crippen molar-refractivity contribution in [3.63, 3.8) is 0 Å². The Balaban J connectivity index is 1.78. The molecule has 1 unspecified atom stereocenters. The molecule has 0 bridgehead atoms. The predicted octanol–water partition coefficient (Wildman–Crippen LogP) is 3.27. The zero-order chi connectivity index (χ0) is 21.0. The first-order chi connectivity index (χ1) is 14.0. The molecule has 2 aromatic carbocycles. The third kappa shape index (κ3) is 4.13.